The minimum atomic E-state index is -0.383. The summed E-state index contributed by atoms with van der Waals surface area (Å²) in [6, 6.07) is 0. The Balaban J connectivity index is 3.15. The summed E-state index contributed by atoms with van der Waals surface area (Å²) in [5, 5.41) is 0.545. The Morgan fingerprint density at radius 3 is 2.53 bits per heavy atom. The quantitative estimate of drug-likeness (QED) is 0.467. The summed E-state index contributed by atoms with van der Waals surface area (Å²) in [4.78, 5) is 25.4. The van der Waals surface area contributed by atoms with Gasteiger partial charge in [-0.05, 0) is 13.8 Å². The number of thiol groups is 1. The van der Waals surface area contributed by atoms with E-state index in [0.29, 0.717) is 16.2 Å². The lowest BCUT2D eigenvalue weighted by Crippen LogP contribution is -2.08. The second-order valence-electron chi connectivity index (χ2n) is 3.26. The first-order valence-corrected chi connectivity index (χ1v) is 4.90. The molecule has 0 fully saturated rings. The zero-order chi connectivity index (χ0) is 11.6. The van der Waals surface area contributed by atoms with E-state index in [9.17, 15) is 9.59 Å². The van der Waals surface area contributed by atoms with Gasteiger partial charge in [-0.1, -0.05) is 0 Å². The Kier molecular flexibility index (Phi) is 3.57. The van der Waals surface area contributed by atoms with E-state index in [0.717, 1.165) is 5.69 Å². The van der Waals surface area contributed by atoms with Crippen molar-refractivity contribution in [1.29, 1.82) is 0 Å². The first-order valence-electron chi connectivity index (χ1n) is 4.45. The summed E-state index contributed by atoms with van der Waals surface area (Å²) in [5.74, 6) is -0.463. The largest absolute Gasteiger partial charge is 0.469 e. The third-order valence-corrected chi connectivity index (χ3v) is 2.55. The second-order valence-corrected chi connectivity index (χ2v) is 3.71. The summed E-state index contributed by atoms with van der Waals surface area (Å²) in [6.07, 6.45) is 0.0641. The maximum absolute atomic E-state index is 11.4. The van der Waals surface area contributed by atoms with E-state index in [1.165, 1.54) is 14.0 Å². The van der Waals surface area contributed by atoms with E-state index in [1.807, 2.05) is 0 Å². The summed E-state index contributed by atoms with van der Waals surface area (Å²) in [5.41, 5.74) is 1.87. The first kappa shape index (κ1) is 11.8. The highest BCUT2D eigenvalue weighted by Gasteiger charge is 2.19. The topological polar surface area (TPSA) is 59.2 Å². The summed E-state index contributed by atoms with van der Waals surface area (Å²) in [6.45, 7) is 3.24. The molecule has 0 radical (unpaired) electrons. The van der Waals surface area contributed by atoms with Crippen LogP contribution in [0.15, 0.2) is 5.03 Å². The standard InChI is InChI=1S/C10H13NO3S/c1-5-9(6(2)12)7(10(15)11-5)4-8(13)14-3/h11,15H,4H2,1-3H3. The third kappa shape index (κ3) is 2.41. The molecular formula is C10H13NO3S. The number of carbonyl (C=O) groups excluding carboxylic acids is 2. The van der Waals surface area contributed by atoms with Gasteiger partial charge in [0.1, 0.15) is 0 Å². The SMILES string of the molecule is COC(=O)Cc1c(S)[nH]c(C)c1C(C)=O. The Hall–Kier alpha value is -1.23. The maximum Gasteiger partial charge on any atom is 0.310 e. The number of hydrogen-bond acceptors (Lipinski definition) is 4. The minimum absolute atomic E-state index is 0.0641. The van der Waals surface area contributed by atoms with Crippen LogP contribution in [0.3, 0.4) is 0 Å². The molecule has 0 spiro atoms. The minimum Gasteiger partial charge on any atom is -0.469 e. The Bertz CT molecular complexity index is 409. The number of ketones is 1. The van der Waals surface area contributed by atoms with Crippen molar-refractivity contribution < 1.29 is 14.3 Å². The van der Waals surface area contributed by atoms with Crippen LogP contribution in [0, 0.1) is 6.92 Å². The first-order chi connectivity index (χ1) is 6.97. The van der Waals surface area contributed by atoms with Crippen molar-refractivity contribution in [2.45, 2.75) is 25.3 Å². The molecule has 1 aromatic heterocycles. The number of ether oxygens (including phenoxy) is 1. The van der Waals surface area contributed by atoms with Crippen LogP contribution < -0.4 is 0 Å². The highest BCUT2D eigenvalue weighted by atomic mass is 32.1. The lowest BCUT2D eigenvalue weighted by atomic mass is 10.1. The Morgan fingerprint density at radius 2 is 2.07 bits per heavy atom. The number of H-pyrrole nitrogens is 1. The van der Waals surface area contributed by atoms with Gasteiger partial charge in [0, 0.05) is 16.8 Å². The summed E-state index contributed by atoms with van der Waals surface area (Å²) in [7, 11) is 1.31. The summed E-state index contributed by atoms with van der Waals surface area (Å²) >= 11 is 4.18. The number of esters is 1. The van der Waals surface area contributed by atoms with Gasteiger partial charge in [0.2, 0.25) is 0 Å². The number of nitrogens with one attached hydrogen (secondary N) is 1. The molecule has 1 rings (SSSR count). The van der Waals surface area contributed by atoms with Crippen LogP contribution in [-0.4, -0.2) is 23.8 Å². The van der Waals surface area contributed by atoms with E-state index in [-0.39, 0.29) is 18.2 Å². The number of aromatic amines is 1. The zero-order valence-electron chi connectivity index (χ0n) is 8.88. The lowest BCUT2D eigenvalue weighted by Gasteiger charge is -2.01. The fourth-order valence-electron chi connectivity index (χ4n) is 1.53. The van der Waals surface area contributed by atoms with Crippen LogP contribution in [-0.2, 0) is 16.0 Å². The smallest absolute Gasteiger partial charge is 0.310 e. The molecule has 0 amide bonds. The number of rotatable bonds is 3. The van der Waals surface area contributed by atoms with E-state index >= 15 is 0 Å². The molecule has 5 heteroatoms. The highest BCUT2D eigenvalue weighted by molar-refractivity contribution is 7.80. The zero-order valence-corrected chi connectivity index (χ0v) is 9.77. The number of Topliss-reactive ketones (excluding diaryl/α,β-unsaturated/α-hetero) is 1. The average molecular weight is 227 g/mol. The van der Waals surface area contributed by atoms with Gasteiger partial charge >= 0.3 is 5.97 Å². The normalized spacial score (nSPS) is 10.1. The van der Waals surface area contributed by atoms with Gasteiger partial charge in [0.25, 0.3) is 0 Å². The van der Waals surface area contributed by atoms with Gasteiger partial charge in [-0.2, -0.15) is 0 Å². The molecule has 0 saturated heterocycles. The van der Waals surface area contributed by atoms with E-state index in [4.69, 9.17) is 0 Å². The van der Waals surface area contributed by atoms with E-state index in [2.05, 4.69) is 22.3 Å². The number of aromatic nitrogens is 1. The molecule has 15 heavy (non-hydrogen) atoms. The molecule has 0 aliphatic rings. The number of carbonyl (C=O) groups is 2. The molecule has 0 atom stereocenters. The van der Waals surface area contributed by atoms with E-state index in [1.54, 1.807) is 6.92 Å². The molecule has 4 nitrogen and oxygen atoms in total. The molecule has 1 aromatic rings. The Morgan fingerprint density at radius 1 is 1.47 bits per heavy atom. The van der Waals surface area contributed by atoms with Crippen molar-refractivity contribution in [2.24, 2.45) is 0 Å². The van der Waals surface area contributed by atoms with Gasteiger partial charge in [0.15, 0.2) is 5.78 Å². The summed E-state index contributed by atoms with van der Waals surface area (Å²) < 4.78 is 4.56. The van der Waals surface area contributed by atoms with Crippen molar-refractivity contribution >= 4 is 24.4 Å². The van der Waals surface area contributed by atoms with Crippen molar-refractivity contribution in [1.82, 2.24) is 4.98 Å². The molecule has 0 saturated carbocycles. The molecule has 0 unspecified atom stereocenters. The van der Waals surface area contributed by atoms with Crippen molar-refractivity contribution in [3.63, 3.8) is 0 Å². The van der Waals surface area contributed by atoms with Crippen molar-refractivity contribution in [3.05, 3.63) is 16.8 Å². The molecular weight excluding hydrogens is 214 g/mol. The predicted molar refractivity (Wildman–Crippen MR) is 58.5 cm³/mol. The maximum atomic E-state index is 11.4. The predicted octanol–water partition coefficient (Wildman–Crippen LogP) is 1.53. The fraction of sp³-hybridized carbons (Fsp3) is 0.400. The van der Waals surface area contributed by atoms with Gasteiger partial charge < -0.3 is 9.72 Å². The molecule has 0 aromatic carbocycles. The number of methoxy groups -OCH3 is 1. The van der Waals surface area contributed by atoms with Gasteiger partial charge in [0.05, 0.1) is 18.6 Å². The van der Waals surface area contributed by atoms with Gasteiger partial charge in [-0.3, -0.25) is 9.59 Å². The molecule has 1 N–H and O–H groups in total. The van der Waals surface area contributed by atoms with Crippen LogP contribution >= 0.6 is 12.6 Å². The van der Waals surface area contributed by atoms with E-state index < -0.39 is 0 Å². The molecule has 0 bridgehead atoms. The van der Waals surface area contributed by atoms with Crippen LogP contribution in [0.4, 0.5) is 0 Å². The number of hydrogen-bond donors (Lipinski definition) is 2. The molecule has 0 aliphatic carbocycles. The Labute approximate surface area is 93.4 Å². The van der Waals surface area contributed by atoms with Crippen molar-refractivity contribution in [3.8, 4) is 0 Å². The van der Waals surface area contributed by atoms with Crippen molar-refractivity contribution in [2.75, 3.05) is 7.11 Å². The van der Waals surface area contributed by atoms with Gasteiger partial charge in [-0.15, -0.1) is 12.6 Å². The fourth-order valence-corrected chi connectivity index (χ4v) is 1.88. The lowest BCUT2D eigenvalue weighted by molar-refractivity contribution is -0.139. The van der Waals surface area contributed by atoms with Crippen LogP contribution in [0.1, 0.15) is 28.5 Å². The van der Waals surface area contributed by atoms with Crippen LogP contribution in [0.5, 0.6) is 0 Å². The molecule has 0 aliphatic heterocycles. The van der Waals surface area contributed by atoms with Crippen LogP contribution in [0.25, 0.3) is 0 Å². The number of aryl methyl sites for hydroxylation is 1. The van der Waals surface area contributed by atoms with Gasteiger partial charge in [-0.25, -0.2) is 0 Å². The molecule has 82 valence electrons. The third-order valence-electron chi connectivity index (χ3n) is 2.17. The average Bonchev–Trinajstić information content (AvgIpc) is 2.41. The van der Waals surface area contributed by atoms with Crippen LogP contribution in [0.2, 0.25) is 0 Å². The highest BCUT2D eigenvalue weighted by Crippen LogP contribution is 2.23. The molecule has 1 heterocycles. The second kappa shape index (κ2) is 4.53. The monoisotopic (exact) mass is 227 g/mol.